The number of rotatable bonds is 5. The molecule has 4 rings (SSSR count). The van der Waals surface area contributed by atoms with Crippen molar-refractivity contribution in [3.63, 3.8) is 0 Å². The van der Waals surface area contributed by atoms with Gasteiger partial charge in [0, 0.05) is 35.8 Å². The number of benzene rings is 2. The summed E-state index contributed by atoms with van der Waals surface area (Å²) in [5.74, 6) is -0.174. The molecule has 30 heavy (non-hydrogen) atoms. The van der Waals surface area contributed by atoms with E-state index in [-0.39, 0.29) is 11.8 Å². The lowest BCUT2D eigenvalue weighted by atomic mass is 9.89. The Morgan fingerprint density at radius 3 is 2.47 bits per heavy atom. The lowest BCUT2D eigenvalue weighted by molar-refractivity contribution is -0.132. The van der Waals surface area contributed by atoms with Crippen LogP contribution in [0.1, 0.15) is 46.8 Å². The Morgan fingerprint density at radius 2 is 1.77 bits per heavy atom. The number of carbonyl (C=O) groups excluding carboxylic acids is 2. The number of nitrogens with two attached hydrogens (primary N) is 1. The van der Waals surface area contributed by atoms with E-state index >= 15 is 0 Å². The van der Waals surface area contributed by atoms with Crippen LogP contribution in [0.2, 0.25) is 5.02 Å². The second kappa shape index (κ2) is 8.84. The van der Waals surface area contributed by atoms with E-state index in [1.165, 1.54) is 0 Å². The molecule has 1 aliphatic rings. The highest BCUT2D eigenvalue weighted by atomic mass is 35.5. The first-order valence-corrected chi connectivity index (χ1v) is 10.6. The van der Waals surface area contributed by atoms with Gasteiger partial charge in [-0.2, -0.15) is 0 Å². The summed E-state index contributed by atoms with van der Waals surface area (Å²) in [6, 6.07) is 17.2. The van der Waals surface area contributed by atoms with Gasteiger partial charge < -0.3 is 10.6 Å². The molecule has 0 unspecified atom stereocenters. The van der Waals surface area contributed by atoms with E-state index in [0.717, 1.165) is 35.0 Å². The molecule has 2 N–H and O–H groups in total. The molecule has 5 nitrogen and oxygen atoms in total. The fraction of sp³-hybridized carbons (Fsp3) is 0.292. The summed E-state index contributed by atoms with van der Waals surface area (Å²) in [6.45, 7) is 1.33. The van der Waals surface area contributed by atoms with E-state index in [4.69, 9.17) is 22.3 Å². The standard InChI is InChI=1S/C24H24ClN3O2/c25-19-8-5-16(6-9-19)7-10-22(29)28-13-11-17(12-14-28)23-20(24(26)30)15-18-3-1-2-4-21(18)27-23/h1-6,8-9,15,17H,7,10-14H2,(H2,26,30). The zero-order chi connectivity index (χ0) is 21.1. The summed E-state index contributed by atoms with van der Waals surface area (Å²) in [5, 5.41) is 1.61. The maximum atomic E-state index is 12.6. The second-order valence-corrected chi connectivity index (χ2v) is 8.20. The molecule has 1 aliphatic heterocycles. The first-order valence-electron chi connectivity index (χ1n) is 10.2. The minimum atomic E-state index is -0.454. The molecule has 1 fully saturated rings. The smallest absolute Gasteiger partial charge is 0.250 e. The van der Waals surface area contributed by atoms with Gasteiger partial charge in [-0.05, 0) is 49.1 Å². The largest absolute Gasteiger partial charge is 0.366 e. The van der Waals surface area contributed by atoms with Gasteiger partial charge in [0.15, 0.2) is 0 Å². The van der Waals surface area contributed by atoms with Crippen molar-refractivity contribution in [2.45, 2.75) is 31.6 Å². The Labute approximate surface area is 180 Å². The molecule has 2 amide bonds. The SMILES string of the molecule is NC(=O)c1cc2ccccc2nc1C1CCN(C(=O)CCc2ccc(Cl)cc2)CC1. The Hall–Kier alpha value is -2.92. The predicted octanol–water partition coefficient (Wildman–Crippen LogP) is 4.33. The number of hydrogen-bond donors (Lipinski definition) is 1. The topological polar surface area (TPSA) is 76.3 Å². The molecular formula is C24H24ClN3O2. The Balaban J connectivity index is 1.41. The Kier molecular flexibility index (Phi) is 6.00. The number of hydrogen-bond acceptors (Lipinski definition) is 3. The average Bonchev–Trinajstić information content (AvgIpc) is 2.77. The number of aryl methyl sites for hydroxylation is 1. The van der Waals surface area contributed by atoms with E-state index in [1.807, 2.05) is 59.5 Å². The molecular weight excluding hydrogens is 398 g/mol. The van der Waals surface area contributed by atoms with Crippen LogP contribution >= 0.6 is 11.6 Å². The van der Waals surface area contributed by atoms with Crippen LogP contribution in [0.15, 0.2) is 54.6 Å². The van der Waals surface area contributed by atoms with Crippen LogP contribution in [-0.2, 0) is 11.2 Å². The molecule has 154 valence electrons. The van der Waals surface area contributed by atoms with Crippen molar-refractivity contribution in [2.24, 2.45) is 5.73 Å². The molecule has 1 aromatic heterocycles. The van der Waals surface area contributed by atoms with Crippen molar-refractivity contribution in [2.75, 3.05) is 13.1 Å². The number of primary amides is 1. The van der Waals surface area contributed by atoms with Crippen LogP contribution in [0.3, 0.4) is 0 Å². The quantitative estimate of drug-likeness (QED) is 0.666. The van der Waals surface area contributed by atoms with E-state index < -0.39 is 5.91 Å². The first kappa shape index (κ1) is 20.4. The van der Waals surface area contributed by atoms with Crippen LogP contribution in [-0.4, -0.2) is 34.8 Å². The van der Waals surface area contributed by atoms with Crippen molar-refractivity contribution >= 4 is 34.3 Å². The van der Waals surface area contributed by atoms with E-state index in [0.29, 0.717) is 36.5 Å². The molecule has 3 aromatic rings. The highest BCUT2D eigenvalue weighted by Gasteiger charge is 2.27. The number of halogens is 1. The number of carbonyl (C=O) groups is 2. The molecule has 1 saturated heterocycles. The van der Waals surface area contributed by atoms with Crippen molar-refractivity contribution < 1.29 is 9.59 Å². The first-order chi connectivity index (χ1) is 14.5. The number of amides is 2. The molecule has 0 atom stereocenters. The highest BCUT2D eigenvalue weighted by Crippen LogP contribution is 2.31. The number of para-hydroxylation sites is 1. The summed E-state index contributed by atoms with van der Waals surface area (Å²) in [5.41, 5.74) is 8.85. The number of likely N-dealkylation sites (tertiary alicyclic amines) is 1. The normalized spacial score (nSPS) is 14.8. The fourth-order valence-corrected chi connectivity index (χ4v) is 4.23. The van der Waals surface area contributed by atoms with E-state index in [9.17, 15) is 9.59 Å². The molecule has 0 spiro atoms. The zero-order valence-electron chi connectivity index (χ0n) is 16.7. The third-order valence-corrected chi connectivity index (χ3v) is 6.05. The molecule has 6 heteroatoms. The van der Waals surface area contributed by atoms with Gasteiger partial charge in [-0.15, -0.1) is 0 Å². The number of fused-ring (bicyclic) bond motifs is 1. The summed E-state index contributed by atoms with van der Waals surface area (Å²) >= 11 is 5.91. The maximum absolute atomic E-state index is 12.6. The van der Waals surface area contributed by atoms with Crippen LogP contribution in [0.5, 0.6) is 0 Å². The number of piperidine rings is 1. The van der Waals surface area contributed by atoms with Gasteiger partial charge in [0.05, 0.1) is 16.8 Å². The number of nitrogens with zero attached hydrogens (tertiary/aromatic N) is 2. The van der Waals surface area contributed by atoms with Gasteiger partial charge in [-0.25, -0.2) is 0 Å². The van der Waals surface area contributed by atoms with Gasteiger partial charge in [0.1, 0.15) is 0 Å². The van der Waals surface area contributed by atoms with Gasteiger partial charge in [-0.1, -0.05) is 41.9 Å². The Bertz CT molecular complexity index is 1070. The third kappa shape index (κ3) is 4.46. The third-order valence-electron chi connectivity index (χ3n) is 5.79. The number of pyridine rings is 1. The van der Waals surface area contributed by atoms with Crippen molar-refractivity contribution in [3.8, 4) is 0 Å². The minimum absolute atomic E-state index is 0.123. The van der Waals surface area contributed by atoms with E-state index in [1.54, 1.807) is 0 Å². The lowest BCUT2D eigenvalue weighted by Crippen LogP contribution is -2.38. The average molecular weight is 422 g/mol. The second-order valence-electron chi connectivity index (χ2n) is 7.76. The molecule has 0 bridgehead atoms. The predicted molar refractivity (Wildman–Crippen MR) is 119 cm³/mol. The highest BCUT2D eigenvalue weighted by molar-refractivity contribution is 6.30. The van der Waals surface area contributed by atoms with Crippen molar-refractivity contribution in [3.05, 3.63) is 76.4 Å². The van der Waals surface area contributed by atoms with E-state index in [2.05, 4.69) is 0 Å². The monoisotopic (exact) mass is 421 g/mol. The zero-order valence-corrected chi connectivity index (χ0v) is 17.4. The van der Waals surface area contributed by atoms with Gasteiger partial charge in [0.2, 0.25) is 5.91 Å². The maximum Gasteiger partial charge on any atom is 0.250 e. The van der Waals surface area contributed by atoms with Gasteiger partial charge >= 0.3 is 0 Å². The molecule has 0 aliphatic carbocycles. The summed E-state index contributed by atoms with van der Waals surface area (Å²) < 4.78 is 0. The molecule has 2 aromatic carbocycles. The van der Waals surface area contributed by atoms with Gasteiger partial charge in [-0.3, -0.25) is 14.6 Å². The summed E-state index contributed by atoms with van der Waals surface area (Å²) in [7, 11) is 0. The Morgan fingerprint density at radius 1 is 1.07 bits per heavy atom. The summed E-state index contributed by atoms with van der Waals surface area (Å²) in [6.07, 6.45) is 2.73. The lowest BCUT2D eigenvalue weighted by Gasteiger charge is -2.32. The summed E-state index contributed by atoms with van der Waals surface area (Å²) in [4.78, 5) is 31.3. The minimum Gasteiger partial charge on any atom is -0.366 e. The van der Waals surface area contributed by atoms with Crippen LogP contribution in [0.4, 0.5) is 0 Å². The molecule has 0 saturated carbocycles. The van der Waals surface area contributed by atoms with Crippen molar-refractivity contribution in [1.82, 2.24) is 9.88 Å². The fourth-order valence-electron chi connectivity index (χ4n) is 4.10. The molecule has 0 radical (unpaired) electrons. The molecule has 2 heterocycles. The van der Waals surface area contributed by atoms with Crippen LogP contribution in [0.25, 0.3) is 10.9 Å². The van der Waals surface area contributed by atoms with Crippen LogP contribution in [0, 0.1) is 0 Å². The van der Waals surface area contributed by atoms with Crippen LogP contribution < -0.4 is 5.73 Å². The van der Waals surface area contributed by atoms with Gasteiger partial charge in [0.25, 0.3) is 5.91 Å². The van der Waals surface area contributed by atoms with Crippen molar-refractivity contribution in [1.29, 1.82) is 0 Å². The number of aromatic nitrogens is 1.